The van der Waals surface area contributed by atoms with E-state index in [9.17, 15) is 0 Å². The smallest absolute Gasteiger partial charge is 0.168 e. The topological polar surface area (TPSA) is 43.6 Å². The maximum absolute atomic E-state index is 6.60. The highest BCUT2D eigenvalue weighted by atomic mass is 35.5. The second-order valence-electron chi connectivity index (χ2n) is 8.09. The third-order valence-corrected chi connectivity index (χ3v) is 8.17. The zero-order chi connectivity index (χ0) is 22.5. The van der Waals surface area contributed by atoms with E-state index in [2.05, 4.69) is 24.0 Å². The summed E-state index contributed by atoms with van der Waals surface area (Å²) in [4.78, 5) is 0. The van der Waals surface area contributed by atoms with Gasteiger partial charge in [0.25, 0.3) is 0 Å². The fourth-order valence-corrected chi connectivity index (χ4v) is 5.88. The first-order chi connectivity index (χ1) is 15.5. The van der Waals surface area contributed by atoms with Crippen LogP contribution in [0.2, 0.25) is 15.1 Å². The number of benzene rings is 2. The molecule has 2 aromatic carbocycles. The molecule has 8 heteroatoms. The Bertz CT molecular complexity index is 1290. The fraction of sp³-hybridized carbons (Fsp3) is 0.292. The highest BCUT2D eigenvalue weighted by Gasteiger charge is 2.45. The van der Waals surface area contributed by atoms with Crippen LogP contribution in [0.5, 0.6) is 0 Å². The van der Waals surface area contributed by atoms with Gasteiger partial charge in [-0.2, -0.15) is 5.10 Å². The van der Waals surface area contributed by atoms with E-state index in [0.29, 0.717) is 15.1 Å². The predicted molar refractivity (Wildman–Crippen MR) is 134 cm³/mol. The largest absolute Gasteiger partial charge is 0.231 e. The molecule has 0 aliphatic heterocycles. The lowest BCUT2D eigenvalue weighted by Crippen LogP contribution is -2.02. The number of hydrogen-bond acceptors (Lipinski definition) is 4. The molecule has 1 aliphatic rings. The summed E-state index contributed by atoms with van der Waals surface area (Å²) >= 11 is 20.6. The first-order valence-electron chi connectivity index (χ1n) is 10.6. The molecule has 4 aromatic rings. The van der Waals surface area contributed by atoms with E-state index in [0.717, 1.165) is 51.1 Å². The van der Waals surface area contributed by atoms with Crippen molar-refractivity contribution in [2.45, 2.75) is 44.9 Å². The van der Waals surface area contributed by atoms with E-state index in [-0.39, 0.29) is 5.41 Å². The average Bonchev–Trinajstić information content (AvgIpc) is 3.26. The second kappa shape index (κ2) is 8.45. The summed E-state index contributed by atoms with van der Waals surface area (Å²) in [6.45, 7) is 4.35. The molecule has 0 N–H and O–H groups in total. The molecule has 0 atom stereocenters. The van der Waals surface area contributed by atoms with E-state index < -0.39 is 0 Å². The van der Waals surface area contributed by atoms with Crippen LogP contribution in [0, 0.1) is 0 Å². The molecule has 164 valence electrons. The summed E-state index contributed by atoms with van der Waals surface area (Å²) in [6.07, 6.45) is 4.24. The maximum atomic E-state index is 6.60. The average molecular weight is 504 g/mol. The molecule has 0 radical (unpaired) electrons. The van der Waals surface area contributed by atoms with Gasteiger partial charge in [0.05, 0.1) is 16.4 Å². The van der Waals surface area contributed by atoms with Gasteiger partial charge in [-0.3, -0.25) is 0 Å². The highest BCUT2D eigenvalue weighted by molar-refractivity contribution is 7.14. The molecule has 2 heterocycles. The van der Waals surface area contributed by atoms with Gasteiger partial charge in [-0.15, -0.1) is 10.2 Å². The lowest BCUT2D eigenvalue weighted by molar-refractivity contribution is 0.649. The van der Waals surface area contributed by atoms with Crippen LogP contribution in [0.4, 0.5) is 0 Å². The Labute approximate surface area is 206 Å². The van der Waals surface area contributed by atoms with E-state index in [1.165, 1.54) is 12.8 Å². The van der Waals surface area contributed by atoms with E-state index in [1.807, 2.05) is 41.1 Å². The van der Waals surface area contributed by atoms with Crippen molar-refractivity contribution in [3.63, 3.8) is 0 Å². The van der Waals surface area contributed by atoms with Crippen LogP contribution in [0.1, 0.15) is 43.7 Å². The SMILES string of the molecule is CCc1c(-c2nnc(C3(CC)CC3)s2)nn(-c2ccc(Cl)cc2Cl)c1-c1ccc(Cl)cc1. The number of rotatable bonds is 6. The summed E-state index contributed by atoms with van der Waals surface area (Å²) < 4.78 is 1.89. The molecule has 2 aromatic heterocycles. The quantitative estimate of drug-likeness (QED) is 0.267. The van der Waals surface area contributed by atoms with Crippen LogP contribution in [0.3, 0.4) is 0 Å². The monoisotopic (exact) mass is 502 g/mol. The van der Waals surface area contributed by atoms with Gasteiger partial charge in [0.2, 0.25) is 0 Å². The summed E-state index contributed by atoms with van der Waals surface area (Å²) in [6, 6.07) is 13.2. The standard InChI is InChI=1S/C24H21Cl3N4S/c1-3-17-20(22-28-29-23(32-22)24(4-2)11-12-24)30-31(19-10-9-16(26)13-18(19)27)21(17)14-5-7-15(25)8-6-14/h5-10,13H,3-4,11-12H2,1-2H3. The van der Waals surface area contributed by atoms with Crippen molar-refractivity contribution < 1.29 is 0 Å². The molecule has 0 bridgehead atoms. The van der Waals surface area contributed by atoms with Crippen LogP contribution in [0.25, 0.3) is 27.6 Å². The van der Waals surface area contributed by atoms with Crippen molar-refractivity contribution in [3.8, 4) is 27.6 Å². The van der Waals surface area contributed by atoms with Crippen molar-refractivity contribution in [2.75, 3.05) is 0 Å². The third kappa shape index (κ3) is 3.75. The third-order valence-electron chi connectivity index (χ3n) is 6.20. The molecular weight excluding hydrogens is 483 g/mol. The number of aromatic nitrogens is 4. The first kappa shape index (κ1) is 21.9. The minimum Gasteiger partial charge on any atom is -0.231 e. The molecular formula is C24H21Cl3N4S. The molecule has 0 saturated heterocycles. The Morgan fingerprint density at radius 3 is 2.31 bits per heavy atom. The molecule has 0 spiro atoms. The van der Waals surface area contributed by atoms with E-state index >= 15 is 0 Å². The number of nitrogens with zero attached hydrogens (tertiary/aromatic N) is 4. The molecule has 0 unspecified atom stereocenters. The van der Waals surface area contributed by atoms with E-state index in [4.69, 9.17) is 39.9 Å². The summed E-state index contributed by atoms with van der Waals surface area (Å²) in [5.74, 6) is 0. The van der Waals surface area contributed by atoms with Crippen molar-refractivity contribution in [1.29, 1.82) is 0 Å². The molecule has 32 heavy (non-hydrogen) atoms. The molecule has 0 amide bonds. The molecule has 4 nitrogen and oxygen atoms in total. The minimum absolute atomic E-state index is 0.212. The summed E-state index contributed by atoms with van der Waals surface area (Å²) in [7, 11) is 0. The van der Waals surface area contributed by atoms with E-state index in [1.54, 1.807) is 17.4 Å². The van der Waals surface area contributed by atoms with Crippen molar-refractivity contribution in [3.05, 3.63) is 68.1 Å². The Balaban J connectivity index is 1.73. The second-order valence-corrected chi connectivity index (χ2v) is 10.3. The van der Waals surface area contributed by atoms with Gasteiger partial charge in [0.1, 0.15) is 10.7 Å². The Morgan fingerprint density at radius 2 is 1.69 bits per heavy atom. The molecule has 1 aliphatic carbocycles. The van der Waals surface area contributed by atoms with Crippen LogP contribution < -0.4 is 0 Å². The van der Waals surface area contributed by atoms with Crippen LogP contribution in [-0.2, 0) is 11.8 Å². The van der Waals surface area contributed by atoms with Gasteiger partial charge in [0.15, 0.2) is 5.01 Å². The zero-order valence-electron chi connectivity index (χ0n) is 17.7. The van der Waals surface area contributed by atoms with Crippen molar-refractivity contribution in [2.24, 2.45) is 0 Å². The Hall–Kier alpha value is -1.92. The van der Waals surface area contributed by atoms with Crippen LogP contribution >= 0.6 is 46.1 Å². The van der Waals surface area contributed by atoms with Gasteiger partial charge >= 0.3 is 0 Å². The lowest BCUT2D eigenvalue weighted by Gasteiger charge is -2.11. The molecule has 1 saturated carbocycles. The predicted octanol–water partition coefficient (Wildman–Crippen LogP) is 8.02. The molecule has 1 fully saturated rings. The number of halogens is 3. The van der Waals surface area contributed by atoms with Crippen LogP contribution in [-0.4, -0.2) is 20.0 Å². The van der Waals surface area contributed by atoms with Crippen molar-refractivity contribution in [1.82, 2.24) is 20.0 Å². The Kier molecular flexibility index (Phi) is 5.79. The maximum Gasteiger partial charge on any atom is 0.168 e. The zero-order valence-corrected chi connectivity index (χ0v) is 20.8. The lowest BCUT2D eigenvalue weighted by atomic mass is 10.0. The first-order valence-corrected chi connectivity index (χ1v) is 12.6. The van der Waals surface area contributed by atoms with Gasteiger partial charge in [-0.25, -0.2) is 4.68 Å². The molecule has 5 rings (SSSR count). The van der Waals surface area contributed by atoms with Gasteiger partial charge in [-0.1, -0.05) is 72.1 Å². The van der Waals surface area contributed by atoms with Crippen LogP contribution in [0.15, 0.2) is 42.5 Å². The summed E-state index contributed by atoms with van der Waals surface area (Å²) in [5.41, 5.74) is 4.90. The summed E-state index contributed by atoms with van der Waals surface area (Å²) in [5, 5.41) is 17.9. The Morgan fingerprint density at radius 1 is 0.969 bits per heavy atom. The highest BCUT2D eigenvalue weighted by Crippen LogP contribution is 2.52. The number of hydrogen-bond donors (Lipinski definition) is 0. The van der Waals surface area contributed by atoms with Gasteiger partial charge in [0, 0.05) is 26.6 Å². The van der Waals surface area contributed by atoms with Gasteiger partial charge < -0.3 is 0 Å². The van der Waals surface area contributed by atoms with Crippen molar-refractivity contribution >= 4 is 46.1 Å². The van der Waals surface area contributed by atoms with Gasteiger partial charge in [-0.05, 0) is 56.0 Å². The fourth-order valence-electron chi connectivity index (χ4n) is 4.09. The minimum atomic E-state index is 0.212. The normalized spacial score (nSPS) is 14.7.